The Morgan fingerprint density at radius 1 is 0.833 bits per heavy atom. The first-order valence-corrected chi connectivity index (χ1v) is 9.80. The predicted octanol–water partition coefficient (Wildman–Crippen LogP) is 2.75. The molecule has 18 heavy (non-hydrogen) atoms. The Morgan fingerprint density at radius 3 is 1.56 bits per heavy atom. The average molecular weight is 285 g/mol. The summed E-state index contributed by atoms with van der Waals surface area (Å²) in [6.45, 7) is 12.8. The van der Waals surface area contributed by atoms with E-state index in [-0.39, 0.29) is 0 Å². The highest BCUT2D eigenvalue weighted by Crippen LogP contribution is 2.20. The smallest absolute Gasteiger partial charge is 0.297 e. The van der Waals surface area contributed by atoms with Gasteiger partial charge in [-0.15, -0.1) is 11.1 Å². The van der Waals surface area contributed by atoms with Gasteiger partial charge in [-0.1, -0.05) is 58.0 Å². The lowest BCUT2D eigenvalue weighted by molar-refractivity contribution is 0.380. The predicted molar refractivity (Wildman–Crippen MR) is 83.5 cm³/mol. The number of hydrogen-bond donors (Lipinski definition) is 0. The van der Waals surface area contributed by atoms with E-state index in [2.05, 4.69) is 67.2 Å². The van der Waals surface area contributed by atoms with Crippen LogP contribution in [0, 0.1) is 0 Å². The topological polar surface area (TPSA) is 6.48 Å². The van der Waals surface area contributed by atoms with Crippen LogP contribution >= 0.6 is 11.1 Å². The van der Waals surface area contributed by atoms with Gasteiger partial charge in [0.15, 0.2) is 0 Å². The molecule has 1 aromatic carbocycles. The molecule has 0 aliphatic carbocycles. The van der Waals surface area contributed by atoms with Crippen LogP contribution in [0.2, 0.25) is 0 Å². The summed E-state index contributed by atoms with van der Waals surface area (Å²) in [4.78, 5) is 0. The zero-order valence-corrected chi connectivity index (χ0v) is 13.7. The van der Waals surface area contributed by atoms with Crippen LogP contribution in [0.25, 0.3) is 0 Å². The molecule has 0 heterocycles. The van der Waals surface area contributed by atoms with Crippen molar-refractivity contribution in [3.05, 3.63) is 30.3 Å². The van der Waals surface area contributed by atoms with Crippen LogP contribution in [0.5, 0.6) is 0 Å². The van der Waals surface area contributed by atoms with Crippen molar-refractivity contribution in [1.82, 2.24) is 9.13 Å². The molecule has 102 valence electrons. The number of benzene rings is 1. The second-order valence-corrected chi connectivity index (χ2v) is 8.90. The minimum absolute atomic E-state index is 0.998. The van der Waals surface area contributed by atoms with E-state index in [0.29, 0.717) is 0 Å². The van der Waals surface area contributed by atoms with Crippen LogP contribution < -0.4 is 5.19 Å². The minimum atomic E-state index is -2.25. The van der Waals surface area contributed by atoms with Crippen LogP contribution in [-0.2, 0) is 0 Å². The monoisotopic (exact) mass is 284 g/mol. The van der Waals surface area contributed by atoms with E-state index in [1.165, 1.54) is 5.19 Å². The molecule has 0 spiro atoms. The summed E-state index contributed by atoms with van der Waals surface area (Å²) in [7, 11) is -2.25. The van der Waals surface area contributed by atoms with Gasteiger partial charge in [0.2, 0.25) is 0 Å². The highest BCUT2D eigenvalue weighted by Gasteiger charge is 2.44. The Morgan fingerprint density at radius 2 is 1.22 bits per heavy atom. The van der Waals surface area contributed by atoms with Crippen molar-refractivity contribution < 1.29 is 0 Å². The van der Waals surface area contributed by atoms with Gasteiger partial charge >= 0.3 is 7.71 Å². The summed E-state index contributed by atoms with van der Waals surface area (Å²) in [5.41, 5.74) is 0. The molecule has 0 atom stereocenters. The van der Waals surface area contributed by atoms with Gasteiger partial charge in [-0.3, -0.25) is 9.13 Å². The molecular weight excluding hydrogens is 260 g/mol. The second-order valence-electron chi connectivity index (χ2n) is 4.30. The fourth-order valence-corrected chi connectivity index (χ4v) is 7.74. The van der Waals surface area contributed by atoms with Gasteiger partial charge in [-0.2, -0.15) is 0 Å². The molecule has 2 nitrogen and oxygen atoms in total. The second kappa shape index (κ2) is 7.29. The van der Waals surface area contributed by atoms with Gasteiger partial charge in [-0.05, 0) is 31.4 Å². The molecule has 0 amide bonds. The summed E-state index contributed by atoms with van der Waals surface area (Å²) in [5.74, 6) is 0. The molecule has 1 aromatic rings. The number of hydrogen-bond acceptors (Lipinski definition) is 2. The number of rotatable bonds is 7. The molecule has 4 heteroatoms. The van der Waals surface area contributed by atoms with Crippen molar-refractivity contribution in [2.75, 3.05) is 26.2 Å². The van der Waals surface area contributed by atoms with Crippen LogP contribution in [0.15, 0.2) is 30.3 Å². The molecule has 0 saturated heterocycles. The lowest BCUT2D eigenvalue weighted by Gasteiger charge is -2.43. The first kappa shape index (κ1) is 15.7. The van der Waals surface area contributed by atoms with Crippen molar-refractivity contribution in [1.29, 1.82) is 0 Å². The standard InChI is InChI=1S/C14H25ClN2Si/c1-5-16(6-2)18(15,17(7-3)8-4)14-12-10-9-11-13-14/h9-13H,5-8H2,1-4H3. The van der Waals surface area contributed by atoms with Crippen molar-refractivity contribution in [3.63, 3.8) is 0 Å². The Labute approximate surface area is 117 Å². The largest absolute Gasteiger partial charge is 0.340 e. The van der Waals surface area contributed by atoms with E-state index in [4.69, 9.17) is 11.1 Å². The SMILES string of the molecule is CCN(CC)[Si](Cl)(c1ccccc1)N(CC)CC. The van der Waals surface area contributed by atoms with Crippen molar-refractivity contribution in [2.45, 2.75) is 27.7 Å². The maximum atomic E-state index is 7.19. The average Bonchev–Trinajstić information content (AvgIpc) is 2.42. The van der Waals surface area contributed by atoms with E-state index < -0.39 is 7.71 Å². The minimum Gasteiger partial charge on any atom is -0.297 e. The van der Waals surface area contributed by atoms with Crippen LogP contribution in [0.1, 0.15) is 27.7 Å². The van der Waals surface area contributed by atoms with Gasteiger partial charge in [0, 0.05) is 0 Å². The zero-order valence-electron chi connectivity index (χ0n) is 12.0. The third kappa shape index (κ3) is 2.97. The molecule has 0 aromatic heterocycles. The normalized spacial score (nSPS) is 12.4. The molecule has 1 rings (SSSR count). The van der Waals surface area contributed by atoms with Gasteiger partial charge in [0.05, 0.1) is 0 Å². The van der Waals surface area contributed by atoms with E-state index >= 15 is 0 Å². The molecular formula is C14H25ClN2Si. The molecule has 0 fully saturated rings. The van der Waals surface area contributed by atoms with Gasteiger partial charge < -0.3 is 0 Å². The summed E-state index contributed by atoms with van der Waals surface area (Å²) in [6.07, 6.45) is 0. The molecule has 0 N–H and O–H groups in total. The quantitative estimate of drug-likeness (QED) is 0.561. The van der Waals surface area contributed by atoms with E-state index in [1.807, 2.05) is 0 Å². The maximum absolute atomic E-state index is 7.19. The first-order valence-electron chi connectivity index (χ1n) is 6.89. The Kier molecular flexibility index (Phi) is 6.36. The summed E-state index contributed by atoms with van der Waals surface area (Å²) < 4.78 is 4.88. The Balaban J connectivity index is 3.24. The van der Waals surface area contributed by atoms with Crippen molar-refractivity contribution in [3.8, 4) is 0 Å². The van der Waals surface area contributed by atoms with Gasteiger partial charge in [-0.25, -0.2) is 0 Å². The highest BCUT2D eigenvalue weighted by molar-refractivity contribution is 7.24. The summed E-state index contributed by atoms with van der Waals surface area (Å²) in [5, 5.41) is 1.29. The van der Waals surface area contributed by atoms with Crippen LogP contribution in [-0.4, -0.2) is 43.0 Å². The zero-order chi connectivity index (χ0) is 13.6. The molecule has 0 saturated carbocycles. The van der Waals surface area contributed by atoms with E-state index in [9.17, 15) is 0 Å². The third-order valence-corrected chi connectivity index (χ3v) is 9.60. The molecule has 0 aliphatic heterocycles. The molecule has 0 unspecified atom stereocenters. The fraction of sp³-hybridized carbons (Fsp3) is 0.571. The number of halogens is 1. The van der Waals surface area contributed by atoms with E-state index in [0.717, 1.165) is 26.2 Å². The van der Waals surface area contributed by atoms with Crippen molar-refractivity contribution in [2.24, 2.45) is 0 Å². The van der Waals surface area contributed by atoms with Gasteiger partial charge in [0.25, 0.3) is 0 Å². The fourth-order valence-electron chi connectivity index (χ4n) is 2.50. The van der Waals surface area contributed by atoms with E-state index in [1.54, 1.807) is 0 Å². The van der Waals surface area contributed by atoms with Crippen molar-refractivity contribution >= 4 is 24.0 Å². The summed E-state index contributed by atoms with van der Waals surface area (Å²) >= 11 is 7.19. The lowest BCUT2D eigenvalue weighted by atomic mass is 10.4. The van der Waals surface area contributed by atoms with Crippen LogP contribution in [0.4, 0.5) is 0 Å². The molecule has 0 aliphatic rings. The molecule has 0 radical (unpaired) electrons. The third-order valence-electron chi connectivity index (χ3n) is 3.51. The van der Waals surface area contributed by atoms with Crippen LogP contribution in [0.3, 0.4) is 0 Å². The Hall–Kier alpha value is -0.353. The Bertz CT molecular complexity index is 325. The highest BCUT2D eigenvalue weighted by atomic mass is 35.6. The number of nitrogens with zero attached hydrogens (tertiary/aromatic N) is 2. The molecule has 0 bridgehead atoms. The first-order chi connectivity index (χ1) is 8.64. The maximum Gasteiger partial charge on any atom is 0.340 e. The lowest BCUT2D eigenvalue weighted by Crippen LogP contribution is -2.69. The van der Waals surface area contributed by atoms with Gasteiger partial charge in [0.1, 0.15) is 0 Å². The summed E-state index contributed by atoms with van der Waals surface area (Å²) in [6, 6.07) is 10.6.